The predicted molar refractivity (Wildman–Crippen MR) is 128 cm³/mol. The van der Waals surface area contributed by atoms with Gasteiger partial charge in [0.1, 0.15) is 0 Å². The second-order valence-electron chi connectivity index (χ2n) is 8.19. The molecule has 1 unspecified atom stereocenters. The van der Waals surface area contributed by atoms with Crippen LogP contribution >= 0.6 is 11.8 Å². The van der Waals surface area contributed by atoms with Gasteiger partial charge in [-0.15, -0.1) is 11.8 Å². The molecule has 2 aromatic carbocycles. The van der Waals surface area contributed by atoms with E-state index in [0.717, 1.165) is 25.7 Å². The molecule has 0 radical (unpaired) electrons. The molecule has 2 aromatic rings. The number of rotatable bonds is 7. The number of amides is 2. The van der Waals surface area contributed by atoms with Gasteiger partial charge in [-0.2, -0.15) is 0 Å². The first-order chi connectivity index (χ1) is 16.5. The van der Waals surface area contributed by atoms with Crippen molar-refractivity contribution in [2.75, 3.05) is 31.0 Å². The first kappa shape index (κ1) is 23.9. The zero-order valence-electron chi connectivity index (χ0n) is 19.1. The summed E-state index contributed by atoms with van der Waals surface area (Å²) >= 11 is 1.23. The summed E-state index contributed by atoms with van der Waals surface area (Å²) in [7, 11) is 0. The van der Waals surface area contributed by atoms with Crippen molar-refractivity contribution in [1.29, 1.82) is 0 Å². The summed E-state index contributed by atoms with van der Waals surface area (Å²) in [5, 5.41) is 2.82. The number of hydrogen-bond donors (Lipinski definition) is 1. The molecule has 1 saturated heterocycles. The number of fused-ring (bicyclic) bond motifs is 1. The SMILES string of the molecule is CC(OC(=O)c1ccccc1SCC(=O)Nc1ccc2c(c1)OCO2)C(=O)N1CCCCCC1. The Hall–Kier alpha value is -3.20. The molecule has 0 spiro atoms. The zero-order chi connectivity index (χ0) is 23.9. The number of nitrogens with zero attached hydrogens (tertiary/aromatic N) is 1. The first-order valence-corrected chi connectivity index (χ1v) is 12.4. The van der Waals surface area contributed by atoms with E-state index in [2.05, 4.69) is 5.32 Å². The Balaban J connectivity index is 1.33. The molecule has 1 N–H and O–H groups in total. The molecule has 2 heterocycles. The number of ether oxygens (including phenoxy) is 3. The Morgan fingerprint density at radius 1 is 1.03 bits per heavy atom. The molecular formula is C25H28N2O6S. The van der Waals surface area contributed by atoms with E-state index in [0.29, 0.717) is 40.7 Å². The molecule has 1 atom stereocenters. The highest BCUT2D eigenvalue weighted by Crippen LogP contribution is 2.34. The van der Waals surface area contributed by atoms with E-state index in [1.54, 1.807) is 54.3 Å². The Labute approximate surface area is 202 Å². The number of thioether (sulfide) groups is 1. The molecule has 0 aromatic heterocycles. The average Bonchev–Trinajstić information content (AvgIpc) is 3.14. The van der Waals surface area contributed by atoms with Crippen LogP contribution in [0.2, 0.25) is 0 Å². The molecule has 2 amide bonds. The van der Waals surface area contributed by atoms with Gasteiger partial charge in [-0.25, -0.2) is 4.79 Å². The fraction of sp³-hybridized carbons (Fsp3) is 0.400. The van der Waals surface area contributed by atoms with E-state index in [1.807, 2.05) is 0 Å². The van der Waals surface area contributed by atoms with E-state index in [4.69, 9.17) is 14.2 Å². The van der Waals surface area contributed by atoms with Crippen molar-refractivity contribution >= 4 is 35.2 Å². The Kier molecular flexibility index (Phi) is 7.95. The number of esters is 1. The third-order valence-electron chi connectivity index (χ3n) is 5.67. The Morgan fingerprint density at radius 3 is 2.56 bits per heavy atom. The normalized spacial score (nSPS) is 15.9. The van der Waals surface area contributed by atoms with Gasteiger partial charge >= 0.3 is 5.97 Å². The van der Waals surface area contributed by atoms with Crippen molar-refractivity contribution in [3.63, 3.8) is 0 Å². The maximum Gasteiger partial charge on any atom is 0.340 e. The minimum Gasteiger partial charge on any atom is -0.454 e. The van der Waals surface area contributed by atoms with E-state index < -0.39 is 12.1 Å². The van der Waals surface area contributed by atoms with Crippen molar-refractivity contribution in [3.8, 4) is 11.5 Å². The summed E-state index contributed by atoms with van der Waals surface area (Å²) in [6.45, 7) is 3.18. The zero-order valence-corrected chi connectivity index (χ0v) is 19.9. The molecule has 0 aliphatic carbocycles. The highest BCUT2D eigenvalue weighted by atomic mass is 32.2. The molecule has 2 aliphatic rings. The van der Waals surface area contributed by atoms with Crippen LogP contribution in [0.15, 0.2) is 47.4 Å². The smallest absolute Gasteiger partial charge is 0.340 e. The highest BCUT2D eigenvalue weighted by molar-refractivity contribution is 8.00. The Morgan fingerprint density at radius 2 is 1.76 bits per heavy atom. The van der Waals surface area contributed by atoms with Crippen LogP contribution < -0.4 is 14.8 Å². The third-order valence-corrected chi connectivity index (χ3v) is 6.74. The van der Waals surface area contributed by atoms with Gasteiger partial charge in [-0.05, 0) is 44.0 Å². The topological polar surface area (TPSA) is 94.2 Å². The van der Waals surface area contributed by atoms with Gasteiger partial charge in [0.25, 0.3) is 5.91 Å². The van der Waals surface area contributed by atoms with Crippen LogP contribution in [-0.4, -0.2) is 54.4 Å². The predicted octanol–water partition coefficient (Wildman–Crippen LogP) is 4.09. The van der Waals surface area contributed by atoms with Gasteiger partial charge in [0.15, 0.2) is 17.6 Å². The molecule has 34 heavy (non-hydrogen) atoms. The van der Waals surface area contributed by atoms with Crippen LogP contribution in [0.3, 0.4) is 0 Å². The standard InChI is InChI=1S/C25H28N2O6S/c1-17(24(29)27-12-6-2-3-7-13-27)33-25(30)19-8-4-5-9-22(19)34-15-23(28)26-18-10-11-20-21(14-18)32-16-31-20/h4-5,8-11,14,17H,2-3,6-7,12-13,15-16H2,1H3,(H,26,28). The lowest BCUT2D eigenvalue weighted by Gasteiger charge is -2.24. The molecule has 0 bridgehead atoms. The van der Waals surface area contributed by atoms with Crippen LogP contribution in [0, 0.1) is 0 Å². The van der Waals surface area contributed by atoms with Crippen molar-refractivity contribution in [2.24, 2.45) is 0 Å². The van der Waals surface area contributed by atoms with Gasteiger partial charge in [0.05, 0.1) is 11.3 Å². The summed E-state index contributed by atoms with van der Waals surface area (Å²) in [6, 6.07) is 12.1. The van der Waals surface area contributed by atoms with Crippen LogP contribution in [0.5, 0.6) is 11.5 Å². The van der Waals surface area contributed by atoms with Crippen LogP contribution in [-0.2, 0) is 14.3 Å². The maximum atomic E-state index is 12.8. The largest absolute Gasteiger partial charge is 0.454 e. The van der Waals surface area contributed by atoms with Crippen molar-refractivity contribution < 1.29 is 28.6 Å². The Bertz CT molecular complexity index is 1050. The van der Waals surface area contributed by atoms with Gasteiger partial charge < -0.3 is 24.4 Å². The van der Waals surface area contributed by atoms with Crippen molar-refractivity contribution in [3.05, 3.63) is 48.0 Å². The number of carbonyl (C=O) groups is 3. The third kappa shape index (κ3) is 6.02. The van der Waals surface area contributed by atoms with E-state index in [-0.39, 0.29) is 24.4 Å². The molecule has 1 fully saturated rings. The lowest BCUT2D eigenvalue weighted by Crippen LogP contribution is -2.40. The molecule has 0 saturated carbocycles. The minimum absolute atomic E-state index is 0.0982. The molecule has 180 valence electrons. The van der Waals surface area contributed by atoms with Crippen LogP contribution in [0.25, 0.3) is 0 Å². The second-order valence-corrected chi connectivity index (χ2v) is 9.21. The summed E-state index contributed by atoms with van der Waals surface area (Å²) in [4.78, 5) is 40.4. The summed E-state index contributed by atoms with van der Waals surface area (Å²) < 4.78 is 16.1. The summed E-state index contributed by atoms with van der Waals surface area (Å²) in [5.74, 6) is 0.363. The van der Waals surface area contributed by atoms with Gasteiger partial charge in [0.2, 0.25) is 12.7 Å². The number of nitrogens with one attached hydrogen (secondary N) is 1. The monoisotopic (exact) mass is 484 g/mol. The van der Waals surface area contributed by atoms with Crippen molar-refractivity contribution in [1.82, 2.24) is 4.90 Å². The lowest BCUT2D eigenvalue weighted by atomic mass is 10.2. The molecular weight excluding hydrogens is 456 g/mol. The van der Waals surface area contributed by atoms with Gasteiger partial charge in [-0.1, -0.05) is 25.0 Å². The molecule has 9 heteroatoms. The minimum atomic E-state index is -0.863. The maximum absolute atomic E-state index is 12.8. The van der Waals surface area contributed by atoms with E-state index in [1.165, 1.54) is 11.8 Å². The van der Waals surface area contributed by atoms with Gasteiger partial charge in [0, 0.05) is 29.7 Å². The number of carbonyl (C=O) groups excluding carboxylic acids is 3. The highest BCUT2D eigenvalue weighted by Gasteiger charge is 2.26. The van der Waals surface area contributed by atoms with Crippen LogP contribution in [0.1, 0.15) is 43.0 Å². The van der Waals surface area contributed by atoms with Gasteiger partial charge in [-0.3, -0.25) is 9.59 Å². The average molecular weight is 485 g/mol. The lowest BCUT2D eigenvalue weighted by molar-refractivity contribution is -0.139. The van der Waals surface area contributed by atoms with E-state index in [9.17, 15) is 14.4 Å². The summed E-state index contributed by atoms with van der Waals surface area (Å²) in [6.07, 6.45) is 3.31. The first-order valence-electron chi connectivity index (χ1n) is 11.4. The number of hydrogen-bond acceptors (Lipinski definition) is 7. The van der Waals surface area contributed by atoms with Crippen LogP contribution in [0.4, 0.5) is 5.69 Å². The number of likely N-dealkylation sites (tertiary alicyclic amines) is 1. The number of benzene rings is 2. The fourth-order valence-corrected chi connectivity index (χ4v) is 4.74. The molecule has 8 nitrogen and oxygen atoms in total. The van der Waals surface area contributed by atoms with E-state index >= 15 is 0 Å². The quantitative estimate of drug-likeness (QED) is 0.467. The second kappa shape index (κ2) is 11.3. The molecule has 2 aliphatic heterocycles. The van der Waals surface area contributed by atoms with Crippen molar-refractivity contribution in [2.45, 2.75) is 43.6 Å². The molecule has 4 rings (SSSR count). The fourth-order valence-electron chi connectivity index (χ4n) is 3.90. The number of anilines is 1. The summed E-state index contributed by atoms with van der Waals surface area (Å²) in [5.41, 5.74) is 0.933.